The molecule has 4 aromatic rings. The van der Waals surface area contributed by atoms with Crippen molar-refractivity contribution in [1.29, 1.82) is 0 Å². The first-order valence-corrected chi connectivity index (χ1v) is 12.2. The van der Waals surface area contributed by atoms with Gasteiger partial charge in [-0.3, -0.25) is 14.3 Å². The van der Waals surface area contributed by atoms with Gasteiger partial charge in [0.1, 0.15) is 18.0 Å². The molecule has 0 aliphatic carbocycles. The maximum Gasteiger partial charge on any atom is 0.250 e. The number of hydrazone groups is 1. The largest absolute Gasteiger partial charge is 0.494 e. The number of carbonyl (C=O) groups is 2. The highest BCUT2D eigenvalue weighted by molar-refractivity contribution is 8.01. The molecule has 0 aliphatic heterocycles. The summed E-state index contributed by atoms with van der Waals surface area (Å²) in [7, 11) is 0. The molecular formula is C23H22N6O3S2. The average Bonchev–Trinajstić information content (AvgIpc) is 3.41. The van der Waals surface area contributed by atoms with Gasteiger partial charge in [0.25, 0.3) is 5.91 Å². The Morgan fingerprint density at radius 3 is 2.85 bits per heavy atom. The first kappa shape index (κ1) is 23.5. The van der Waals surface area contributed by atoms with Gasteiger partial charge in [-0.15, -0.1) is 11.3 Å². The summed E-state index contributed by atoms with van der Waals surface area (Å²) in [4.78, 5) is 28.1. The van der Waals surface area contributed by atoms with E-state index in [0.29, 0.717) is 17.9 Å². The van der Waals surface area contributed by atoms with Crippen LogP contribution in [-0.2, 0) is 16.1 Å². The van der Waals surface area contributed by atoms with Gasteiger partial charge >= 0.3 is 0 Å². The minimum Gasteiger partial charge on any atom is -0.494 e. The van der Waals surface area contributed by atoms with Gasteiger partial charge in [-0.1, -0.05) is 42.1 Å². The highest BCUT2D eigenvalue weighted by Gasteiger charge is 2.12. The Kier molecular flexibility index (Phi) is 7.55. The molecule has 0 unspecified atom stereocenters. The van der Waals surface area contributed by atoms with Crippen molar-refractivity contribution in [3.05, 3.63) is 60.3 Å². The topological polar surface area (TPSA) is 124 Å². The van der Waals surface area contributed by atoms with Crippen LogP contribution in [0.5, 0.6) is 5.75 Å². The average molecular weight is 495 g/mol. The molecule has 3 N–H and O–H groups in total. The van der Waals surface area contributed by atoms with Crippen LogP contribution in [0.25, 0.3) is 21.5 Å². The van der Waals surface area contributed by atoms with Crippen LogP contribution in [-0.4, -0.2) is 45.2 Å². The molecular weight excluding hydrogens is 472 g/mol. The second kappa shape index (κ2) is 10.9. The van der Waals surface area contributed by atoms with E-state index in [0.717, 1.165) is 25.9 Å². The van der Waals surface area contributed by atoms with Crippen LogP contribution in [0, 0.1) is 0 Å². The Balaban J connectivity index is 1.38. The first-order valence-electron chi connectivity index (χ1n) is 10.4. The second-order valence-electron chi connectivity index (χ2n) is 7.09. The van der Waals surface area contributed by atoms with Gasteiger partial charge < -0.3 is 10.5 Å². The fraction of sp³-hybridized carbons (Fsp3) is 0.174. The lowest BCUT2D eigenvalue weighted by Gasteiger charge is -2.00. The van der Waals surface area contributed by atoms with Crippen molar-refractivity contribution in [2.45, 2.75) is 17.8 Å². The Labute approximate surface area is 204 Å². The van der Waals surface area contributed by atoms with E-state index in [2.05, 4.69) is 20.6 Å². The number of nitrogens with zero attached hydrogens (tertiary/aromatic N) is 4. The van der Waals surface area contributed by atoms with Gasteiger partial charge in [0.05, 0.1) is 28.8 Å². The zero-order valence-corrected chi connectivity index (χ0v) is 19.9. The van der Waals surface area contributed by atoms with Gasteiger partial charge in [-0.05, 0) is 25.1 Å². The van der Waals surface area contributed by atoms with Crippen LogP contribution in [0.15, 0.2) is 64.2 Å². The molecule has 174 valence electrons. The fourth-order valence-electron chi connectivity index (χ4n) is 3.13. The third-order valence-electron chi connectivity index (χ3n) is 4.53. The molecule has 0 aliphatic rings. The van der Waals surface area contributed by atoms with Crippen LogP contribution in [0.3, 0.4) is 0 Å². The lowest BCUT2D eigenvalue weighted by atomic mass is 10.1. The molecule has 2 heterocycles. The number of aromatic nitrogens is 3. The van der Waals surface area contributed by atoms with Crippen molar-refractivity contribution >= 4 is 51.3 Å². The predicted molar refractivity (Wildman–Crippen MR) is 134 cm³/mol. The monoisotopic (exact) mass is 494 g/mol. The molecule has 0 bridgehead atoms. The molecule has 0 atom stereocenters. The molecule has 0 saturated carbocycles. The summed E-state index contributed by atoms with van der Waals surface area (Å²) in [6, 6.07) is 15.2. The fourth-order valence-corrected chi connectivity index (χ4v) is 5.02. The molecule has 0 saturated heterocycles. The number of hydrogen-bond acceptors (Lipinski definition) is 8. The maximum atomic E-state index is 12.3. The quantitative estimate of drug-likeness (QED) is 0.198. The lowest BCUT2D eigenvalue weighted by Crippen LogP contribution is -2.19. The Morgan fingerprint density at radius 1 is 1.26 bits per heavy atom. The van der Waals surface area contributed by atoms with Crippen molar-refractivity contribution in [2.24, 2.45) is 10.8 Å². The third kappa shape index (κ3) is 6.00. The molecule has 34 heavy (non-hydrogen) atoms. The van der Waals surface area contributed by atoms with Crippen molar-refractivity contribution in [1.82, 2.24) is 20.2 Å². The molecule has 2 aromatic carbocycles. The maximum absolute atomic E-state index is 12.3. The Hall–Kier alpha value is -3.70. The highest BCUT2D eigenvalue weighted by atomic mass is 32.2. The molecule has 2 aromatic heterocycles. The molecule has 4 rings (SSSR count). The number of hydrogen-bond donors (Lipinski definition) is 2. The summed E-state index contributed by atoms with van der Waals surface area (Å²) in [5.74, 6) is 0.208. The highest BCUT2D eigenvalue weighted by Crippen LogP contribution is 2.31. The van der Waals surface area contributed by atoms with Crippen LogP contribution >= 0.6 is 23.1 Å². The number of thioether (sulfide) groups is 1. The van der Waals surface area contributed by atoms with E-state index < -0.39 is 5.91 Å². The van der Waals surface area contributed by atoms with Crippen molar-refractivity contribution in [3.63, 3.8) is 0 Å². The van der Waals surface area contributed by atoms with Crippen LogP contribution in [0.2, 0.25) is 0 Å². The number of primary amides is 1. The van der Waals surface area contributed by atoms with Gasteiger partial charge in [-0.2, -0.15) is 10.2 Å². The van der Waals surface area contributed by atoms with Gasteiger partial charge in [0.2, 0.25) is 5.91 Å². The Bertz CT molecular complexity index is 1330. The molecule has 0 fully saturated rings. The first-order chi connectivity index (χ1) is 16.5. The minimum absolute atomic E-state index is 0.0507. The molecule has 9 nitrogen and oxygen atoms in total. The van der Waals surface area contributed by atoms with E-state index in [1.54, 1.807) is 6.20 Å². The summed E-state index contributed by atoms with van der Waals surface area (Å²) in [5, 5.41) is 8.49. The summed E-state index contributed by atoms with van der Waals surface area (Å²) in [5.41, 5.74) is 10.8. The van der Waals surface area contributed by atoms with E-state index in [4.69, 9.17) is 10.5 Å². The molecule has 2 amide bonds. The number of fused-ring (bicyclic) bond motifs is 1. The zero-order valence-electron chi connectivity index (χ0n) is 18.3. The van der Waals surface area contributed by atoms with Crippen LogP contribution in [0.1, 0.15) is 12.5 Å². The summed E-state index contributed by atoms with van der Waals surface area (Å²) in [6.45, 7) is 2.49. The number of carbonyl (C=O) groups excluding carboxylic acids is 2. The Morgan fingerprint density at radius 2 is 2.09 bits per heavy atom. The van der Waals surface area contributed by atoms with Crippen LogP contribution in [0.4, 0.5) is 0 Å². The van der Waals surface area contributed by atoms with Crippen molar-refractivity contribution in [2.75, 3.05) is 12.4 Å². The number of thiazole rings is 1. The van der Waals surface area contributed by atoms with Gasteiger partial charge in [-0.25, -0.2) is 10.4 Å². The van der Waals surface area contributed by atoms with Crippen molar-refractivity contribution in [3.8, 4) is 17.0 Å². The van der Waals surface area contributed by atoms with E-state index >= 15 is 0 Å². The van der Waals surface area contributed by atoms with Gasteiger partial charge in [0.15, 0.2) is 4.34 Å². The lowest BCUT2D eigenvalue weighted by molar-refractivity contribution is -0.119. The zero-order chi connectivity index (χ0) is 23.9. The second-order valence-corrected chi connectivity index (χ2v) is 9.34. The smallest absolute Gasteiger partial charge is 0.250 e. The van der Waals surface area contributed by atoms with Gasteiger partial charge in [0, 0.05) is 17.3 Å². The number of rotatable bonds is 10. The normalized spacial score (nSPS) is 11.2. The minimum atomic E-state index is -0.500. The SMILES string of the molecule is CCOc1ccc2nc(SCC(=O)NN=Cc3cn(CC(N)=O)nc3-c3ccccc3)sc2c1. The van der Waals surface area contributed by atoms with E-state index in [1.807, 2.05) is 55.5 Å². The molecule has 11 heteroatoms. The summed E-state index contributed by atoms with van der Waals surface area (Å²) >= 11 is 2.86. The number of benzene rings is 2. The standard InChI is InChI=1S/C23H22N6O3S2/c1-2-32-17-8-9-18-19(10-17)34-23(26-18)33-14-21(31)27-25-11-16-12-29(13-20(24)30)28-22(16)15-6-4-3-5-7-15/h3-12H,2,13-14H2,1H3,(H2,24,30)(H,27,31). The van der Waals surface area contributed by atoms with E-state index in [-0.39, 0.29) is 18.2 Å². The number of ether oxygens (including phenoxy) is 1. The predicted octanol–water partition coefficient (Wildman–Crippen LogP) is 3.29. The van der Waals surface area contributed by atoms with Crippen LogP contribution < -0.4 is 15.9 Å². The van der Waals surface area contributed by atoms with Crippen molar-refractivity contribution < 1.29 is 14.3 Å². The molecule has 0 radical (unpaired) electrons. The molecule has 0 spiro atoms. The van der Waals surface area contributed by atoms with E-state index in [1.165, 1.54) is 34.0 Å². The summed E-state index contributed by atoms with van der Waals surface area (Å²) in [6.07, 6.45) is 3.16. The summed E-state index contributed by atoms with van der Waals surface area (Å²) < 4.78 is 8.78. The number of nitrogens with one attached hydrogen (secondary N) is 1. The number of nitrogens with two attached hydrogens (primary N) is 1. The van der Waals surface area contributed by atoms with E-state index in [9.17, 15) is 9.59 Å². The third-order valence-corrected chi connectivity index (χ3v) is 6.69. The number of amides is 2.